The lowest BCUT2D eigenvalue weighted by Gasteiger charge is -2.11. The standard InChI is InChI=1S/C22H20FN3O2S/c1-28-20-12-10-18(11-13-20)25-21(27)16-4-8-19(9-5-16)26-22(29)24-14-15-2-6-17(23)7-3-15/h2-13H,14H2,1H3,(H,25,27)(H2,24,26,29). The van der Waals surface area contributed by atoms with Crippen LogP contribution in [0.25, 0.3) is 0 Å². The van der Waals surface area contributed by atoms with Gasteiger partial charge in [0.15, 0.2) is 5.11 Å². The summed E-state index contributed by atoms with van der Waals surface area (Å²) in [4.78, 5) is 12.4. The molecule has 0 aliphatic carbocycles. The van der Waals surface area contributed by atoms with Crippen LogP contribution in [0.3, 0.4) is 0 Å². The quantitative estimate of drug-likeness (QED) is 0.521. The summed E-state index contributed by atoms with van der Waals surface area (Å²) in [6.45, 7) is 0.481. The van der Waals surface area contributed by atoms with Gasteiger partial charge in [-0.25, -0.2) is 4.39 Å². The van der Waals surface area contributed by atoms with E-state index >= 15 is 0 Å². The Hall–Kier alpha value is -3.45. The number of rotatable bonds is 6. The molecule has 0 unspecified atom stereocenters. The normalized spacial score (nSPS) is 10.1. The van der Waals surface area contributed by atoms with E-state index < -0.39 is 0 Å². The lowest BCUT2D eigenvalue weighted by Crippen LogP contribution is -2.27. The highest BCUT2D eigenvalue weighted by Gasteiger charge is 2.07. The second-order valence-electron chi connectivity index (χ2n) is 6.19. The molecule has 29 heavy (non-hydrogen) atoms. The van der Waals surface area contributed by atoms with Gasteiger partial charge in [-0.1, -0.05) is 12.1 Å². The number of hydrogen-bond acceptors (Lipinski definition) is 3. The van der Waals surface area contributed by atoms with Gasteiger partial charge in [-0.3, -0.25) is 4.79 Å². The van der Waals surface area contributed by atoms with E-state index in [1.165, 1.54) is 12.1 Å². The van der Waals surface area contributed by atoms with Gasteiger partial charge in [0.1, 0.15) is 11.6 Å². The van der Waals surface area contributed by atoms with Crippen molar-refractivity contribution in [1.82, 2.24) is 5.32 Å². The van der Waals surface area contributed by atoms with Gasteiger partial charge in [-0.15, -0.1) is 0 Å². The number of methoxy groups -OCH3 is 1. The first kappa shape index (κ1) is 20.3. The molecule has 0 saturated carbocycles. The number of carbonyl (C=O) groups is 1. The summed E-state index contributed by atoms with van der Waals surface area (Å²) in [6.07, 6.45) is 0. The van der Waals surface area contributed by atoms with Gasteiger partial charge in [-0.2, -0.15) is 0 Å². The van der Waals surface area contributed by atoms with Crippen LogP contribution < -0.4 is 20.7 Å². The SMILES string of the molecule is COc1ccc(NC(=O)c2ccc(NC(=S)NCc3ccc(F)cc3)cc2)cc1. The Balaban J connectivity index is 1.51. The minimum absolute atomic E-state index is 0.210. The molecule has 1 amide bonds. The second-order valence-corrected chi connectivity index (χ2v) is 6.60. The maximum absolute atomic E-state index is 12.9. The van der Waals surface area contributed by atoms with E-state index in [4.69, 9.17) is 17.0 Å². The maximum Gasteiger partial charge on any atom is 0.255 e. The molecule has 0 fully saturated rings. The first-order valence-corrected chi connectivity index (χ1v) is 9.29. The maximum atomic E-state index is 12.9. The van der Waals surface area contributed by atoms with Crippen molar-refractivity contribution in [2.45, 2.75) is 6.54 Å². The van der Waals surface area contributed by atoms with E-state index in [-0.39, 0.29) is 11.7 Å². The molecule has 3 N–H and O–H groups in total. The molecule has 5 nitrogen and oxygen atoms in total. The van der Waals surface area contributed by atoms with Gasteiger partial charge in [0, 0.05) is 23.5 Å². The number of amides is 1. The van der Waals surface area contributed by atoms with Crippen molar-refractivity contribution in [2.24, 2.45) is 0 Å². The lowest BCUT2D eigenvalue weighted by atomic mass is 10.2. The van der Waals surface area contributed by atoms with Gasteiger partial charge < -0.3 is 20.7 Å². The Bertz CT molecular complexity index is 974. The second kappa shape index (κ2) is 9.66. The van der Waals surface area contributed by atoms with Crippen LogP contribution in [0.5, 0.6) is 5.75 Å². The van der Waals surface area contributed by atoms with Gasteiger partial charge >= 0.3 is 0 Å². The molecular formula is C22H20FN3O2S. The van der Waals surface area contributed by atoms with Gasteiger partial charge in [-0.05, 0) is 78.4 Å². The van der Waals surface area contributed by atoms with Crippen LogP contribution in [-0.2, 0) is 6.54 Å². The molecule has 0 atom stereocenters. The number of hydrogen-bond donors (Lipinski definition) is 3. The Kier molecular flexibility index (Phi) is 6.76. The van der Waals surface area contributed by atoms with Crippen LogP contribution in [-0.4, -0.2) is 18.1 Å². The van der Waals surface area contributed by atoms with E-state index in [2.05, 4.69) is 16.0 Å². The van der Waals surface area contributed by atoms with Crippen LogP contribution >= 0.6 is 12.2 Å². The summed E-state index contributed by atoms with van der Waals surface area (Å²) < 4.78 is 18.0. The van der Waals surface area contributed by atoms with E-state index in [0.29, 0.717) is 22.9 Å². The van der Waals surface area contributed by atoms with Crippen molar-refractivity contribution in [3.05, 3.63) is 89.7 Å². The third-order valence-corrected chi connectivity index (χ3v) is 4.37. The fourth-order valence-electron chi connectivity index (χ4n) is 2.54. The zero-order valence-corrected chi connectivity index (χ0v) is 16.6. The Morgan fingerprint density at radius 1 is 0.897 bits per heavy atom. The molecule has 0 bridgehead atoms. The molecule has 0 aromatic heterocycles. The van der Waals surface area contributed by atoms with Crippen LogP contribution in [0, 0.1) is 5.82 Å². The van der Waals surface area contributed by atoms with Crippen LogP contribution in [0.4, 0.5) is 15.8 Å². The number of anilines is 2. The highest BCUT2D eigenvalue weighted by Crippen LogP contribution is 2.17. The van der Waals surface area contributed by atoms with E-state index in [9.17, 15) is 9.18 Å². The zero-order valence-electron chi connectivity index (χ0n) is 15.7. The summed E-state index contributed by atoms with van der Waals surface area (Å²) in [5.41, 5.74) is 2.88. The predicted octanol–water partition coefficient (Wildman–Crippen LogP) is 4.57. The summed E-state index contributed by atoms with van der Waals surface area (Å²) in [7, 11) is 1.59. The van der Waals surface area contributed by atoms with Crippen molar-refractivity contribution >= 4 is 34.6 Å². The molecule has 0 radical (unpaired) electrons. The molecule has 0 spiro atoms. The molecule has 3 aromatic carbocycles. The summed E-state index contributed by atoms with van der Waals surface area (Å²) >= 11 is 5.27. The van der Waals surface area contributed by atoms with Crippen molar-refractivity contribution in [2.75, 3.05) is 17.7 Å². The number of nitrogens with one attached hydrogen (secondary N) is 3. The molecule has 0 aliphatic heterocycles. The fraction of sp³-hybridized carbons (Fsp3) is 0.0909. The zero-order chi connectivity index (χ0) is 20.6. The van der Waals surface area contributed by atoms with Crippen LogP contribution in [0.1, 0.15) is 15.9 Å². The summed E-state index contributed by atoms with van der Waals surface area (Å²) in [5, 5.41) is 9.37. The van der Waals surface area contributed by atoms with E-state index in [1.807, 2.05) is 0 Å². The lowest BCUT2D eigenvalue weighted by molar-refractivity contribution is 0.102. The highest BCUT2D eigenvalue weighted by atomic mass is 32.1. The number of thiocarbonyl (C=S) groups is 1. The molecule has 3 aromatic rings. The topological polar surface area (TPSA) is 62.4 Å². The van der Waals surface area contributed by atoms with Crippen molar-refractivity contribution < 1.29 is 13.9 Å². The van der Waals surface area contributed by atoms with Crippen molar-refractivity contribution in [1.29, 1.82) is 0 Å². The number of ether oxygens (including phenoxy) is 1. The van der Waals surface area contributed by atoms with Gasteiger partial charge in [0.25, 0.3) is 5.91 Å². The number of benzene rings is 3. The minimum Gasteiger partial charge on any atom is -0.497 e. The molecule has 0 aliphatic rings. The molecular weight excluding hydrogens is 389 g/mol. The average molecular weight is 409 g/mol. The van der Waals surface area contributed by atoms with Crippen molar-refractivity contribution in [3.8, 4) is 5.75 Å². The Labute approximate surface area is 173 Å². The number of halogens is 1. The predicted molar refractivity (Wildman–Crippen MR) is 117 cm³/mol. The van der Waals surface area contributed by atoms with Gasteiger partial charge in [0.2, 0.25) is 0 Å². The van der Waals surface area contributed by atoms with Crippen LogP contribution in [0.15, 0.2) is 72.8 Å². The Morgan fingerprint density at radius 3 is 2.10 bits per heavy atom. The van der Waals surface area contributed by atoms with Crippen molar-refractivity contribution in [3.63, 3.8) is 0 Å². The van der Waals surface area contributed by atoms with E-state index in [0.717, 1.165) is 17.0 Å². The molecule has 148 valence electrons. The molecule has 7 heteroatoms. The largest absolute Gasteiger partial charge is 0.497 e. The molecule has 0 heterocycles. The molecule has 3 rings (SSSR count). The third kappa shape index (κ3) is 6.02. The monoisotopic (exact) mass is 409 g/mol. The first-order valence-electron chi connectivity index (χ1n) is 8.88. The summed E-state index contributed by atoms with van der Waals surface area (Å²) in [5.74, 6) is 0.242. The molecule has 0 saturated heterocycles. The number of carbonyl (C=O) groups excluding carboxylic acids is 1. The minimum atomic E-state index is -0.273. The first-order chi connectivity index (χ1) is 14.0. The smallest absolute Gasteiger partial charge is 0.255 e. The highest BCUT2D eigenvalue weighted by molar-refractivity contribution is 7.80. The summed E-state index contributed by atoms with van der Waals surface area (Å²) in [6, 6.07) is 20.3. The van der Waals surface area contributed by atoms with E-state index in [1.54, 1.807) is 67.8 Å². The third-order valence-electron chi connectivity index (χ3n) is 4.12. The average Bonchev–Trinajstić information content (AvgIpc) is 2.74. The van der Waals surface area contributed by atoms with Gasteiger partial charge in [0.05, 0.1) is 7.11 Å². The Morgan fingerprint density at radius 2 is 1.48 bits per heavy atom. The fourth-order valence-corrected chi connectivity index (χ4v) is 2.73. The van der Waals surface area contributed by atoms with Crippen LogP contribution in [0.2, 0.25) is 0 Å².